The monoisotopic (exact) mass is 307 g/mol. The molecule has 0 fully saturated rings. The number of rotatable bonds is 3. The molecule has 0 atom stereocenters. The number of carbonyl (C=O) groups excluding carboxylic acids is 2. The SMILES string of the molecule is CC(=O)Nc1cccc(NC(=O)c2cc3cc(C)ccc3[nH]2)c1. The van der Waals surface area contributed by atoms with E-state index < -0.39 is 0 Å². The molecule has 2 amide bonds. The number of aromatic amines is 1. The molecule has 3 rings (SSSR count). The van der Waals surface area contributed by atoms with E-state index in [4.69, 9.17) is 0 Å². The van der Waals surface area contributed by atoms with Gasteiger partial charge in [0, 0.05) is 29.2 Å². The Bertz CT molecular complexity index is 896. The number of nitrogens with one attached hydrogen (secondary N) is 3. The Morgan fingerprint density at radius 1 is 0.957 bits per heavy atom. The molecule has 5 heteroatoms. The third kappa shape index (κ3) is 3.40. The van der Waals surface area contributed by atoms with Crippen LogP contribution in [0.1, 0.15) is 23.0 Å². The number of hydrogen-bond donors (Lipinski definition) is 3. The quantitative estimate of drug-likeness (QED) is 0.690. The highest BCUT2D eigenvalue weighted by molar-refractivity contribution is 6.06. The van der Waals surface area contributed by atoms with E-state index in [0.29, 0.717) is 17.1 Å². The normalized spacial score (nSPS) is 10.5. The number of amides is 2. The molecule has 0 radical (unpaired) electrons. The summed E-state index contributed by atoms with van der Waals surface area (Å²) in [6.45, 7) is 3.46. The lowest BCUT2D eigenvalue weighted by atomic mass is 10.2. The fourth-order valence-corrected chi connectivity index (χ4v) is 2.45. The zero-order chi connectivity index (χ0) is 16.4. The third-order valence-corrected chi connectivity index (χ3v) is 3.46. The summed E-state index contributed by atoms with van der Waals surface area (Å²) in [6.07, 6.45) is 0. The van der Waals surface area contributed by atoms with Crippen molar-refractivity contribution in [1.82, 2.24) is 4.98 Å². The number of hydrogen-bond acceptors (Lipinski definition) is 2. The lowest BCUT2D eigenvalue weighted by Gasteiger charge is -2.07. The van der Waals surface area contributed by atoms with Crippen LogP contribution in [0.4, 0.5) is 11.4 Å². The maximum absolute atomic E-state index is 12.4. The van der Waals surface area contributed by atoms with Crippen molar-refractivity contribution in [2.45, 2.75) is 13.8 Å². The minimum atomic E-state index is -0.223. The molecule has 0 saturated heterocycles. The first kappa shape index (κ1) is 14.8. The second-order valence-corrected chi connectivity index (χ2v) is 5.49. The molecule has 3 aromatic rings. The van der Waals surface area contributed by atoms with Gasteiger partial charge < -0.3 is 15.6 Å². The molecule has 5 nitrogen and oxygen atoms in total. The molecule has 1 aromatic heterocycles. The van der Waals surface area contributed by atoms with Crippen LogP contribution < -0.4 is 10.6 Å². The van der Waals surface area contributed by atoms with Crippen LogP contribution >= 0.6 is 0 Å². The van der Waals surface area contributed by atoms with Crippen LogP contribution in [0.15, 0.2) is 48.5 Å². The first-order valence-electron chi connectivity index (χ1n) is 7.29. The summed E-state index contributed by atoms with van der Waals surface area (Å²) in [5.74, 6) is -0.377. The molecule has 0 aliphatic carbocycles. The van der Waals surface area contributed by atoms with Gasteiger partial charge in [0.15, 0.2) is 0 Å². The Hall–Kier alpha value is -3.08. The number of carbonyl (C=O) groups is 2. The van der Waals surface area contributed by atoms with E-state index in [-0.39, 0.29) is 11.8 Å². The standard InChI is InChI=1S/C18H17N3O2/c1-11-6-7-16-13(8-11)9-17(21-16)18(23)20-15-5-3-4-14(10-15)19-12(2)22/h3-10,21H,1-2H3,(H,19,22)(H,20,23). The van der Waals surface area contributed by atoms with Gasteiger partial charge in [-0.2, -0.15) is 0 Å². The summed E-state index contributed by atoms with van der Waals surface area (Å²) in [7, 11) is 0. The molecule has 0 bridgehead atoms. The topological polar surface area (TPSA) is 74.0 Å². The number of fused-ring (bicyclic) bond motifs is 1. The minimum Gasteiger partial charge on any atom is -0.351 e. The molecular formula is C18H17N3O2. The molecule has 0 unspecified atom stereocenters. The Kier molecular flexibility index (Phi) is 3.85. The Balaban J connectivity index is 1.81. The Morgan fingerprint density at radius 2 is 1.70 bits per heavy atom. The predicted octanol–water partition coefficient (Wildman–Crippen LogP) is 3.69. The average Bonchev–Trinajstić information content (AvgIpc) is 2.90. The number of aromatic nitrogens is 1. The summed E-state index contributed by atoms with van der Waals surface area (Å²) in [4.78, 5) is 26.6. The van der Waals surface area contributed by atoms with Crippen molar-refractivity contribution in [2.75, 3.05) is 10.6 Å². The fourth-order valence-electron chi connectivity index (χ4n) is 2.45. The van der Waals surface area contributed by atoms with Crippen molar-refractivity contribution >= 4 is 34.1 Å². The maximum Gasteiger partial charge on any atom is 0.272 e. The van der Waals surface area contributed by atoms with Gasteiger partial charge in [0.25, 0.3) is 5.91 Å². The van der Waals surface area contributed by atoms with Crippen molar-refractivity contribution < 1.29 is 9.59 Å². The van der Waals surface area contributed by atoms with E-state index >= 15 is 0 Å². The van der Waals surface area contributed by atoms with Gasteiger partial charge in [-0.25, -0.2) is 0 Å². The van der Waals surface area contributed by atoms with Crippen molar-refractivity contribution in [2.24, 2.45) is 0 Å². The lowest BCUT2D eigenvalue weighted by molar-refractivity contribution is -0.114. The van der Waals surface area contributed by atoms with Crippen molar-refractivity contribution in [3.05, 3.63) is 59.8 Å². The molecule has 1 heterocycles. The van der Waals surface area contributed by atoms with Crippen molar-refractivity contribution in [3.8, 4) is 0 Å². The van der Waals surface area contributed by atoms with Crippen LogP contribution in [0.2, 0.25) is 0 Å². The second-order valence-electron chi connectivity index (χ2n) is 5.49. The van der Waals surface area contributed by atoms with E-state index in [1.54, 1.807) is 24.3 Å². The van der Waals surface area contributed by atoms with Crippen molar-refractivity contribution in [1.29, 1.82) is 0 Å². The van der Waals surface area contributed by atoms with Gasteiger partial charge in [-0.1, -0.05) is 17.7 Å². The average molecular weight is 307 g/mol. The largest absolute Gasteiger partial charge is 0.351 e. The number of H-pyrrole nitrogens is 1. The number of aryl methyl sites for hydroxylation is 1. The van der Waals surface area contributed by atoms with E-state index in [2.05, 4.69) is 15.6 Å². The van der Waals surface area contributed by atoms with Gasteiger partial charge >= 0.3 is 0 Å². The molecule has 0 saturated carbocycles. The molecule has 0 aliphatic heterocycles. The lowest BCUT2D eigenvalue weighted by Crippen LogP contribution is -2.12. The molecule has 0 aliphatic rings. The zero-order valence-electron chi connectivity index (χ0n) is 12.9. The summed E-state index contributed by atoms with van der Waals surface area (Å²) in [5, 5.41) is 6.52. The van der Waals surface area contributed by atoms with Crippen LogP contribution in [-0.4, -0.2) is 16.8 Å². The summed E-state index contributed by atoms with van der Waals surface area (Å²) >= 11 is 0. The van der Waals surface area contributed by atoms with Gasteiger partial charge in [-0.05, 0) is 43.3 Å². The first-order valence-corrected chi connectivity index (χ1v) is 7.29. The Labute approximate surface area is 133 Å². The molecule has 2 aromatic carbocycles. The van der Waals surface area contributed by atoms with Crippen molar-refractivity contribution in [3.63, 3.8) is 0 Å². The maximum atomic E-state index is 12.4. The van der Waals surface area contributed by atoms with E-state index in [1.807, 2.05) is 31.2 Å². The molecule has 3 N–H and O–H groups in total. The van der Waals surface area contributed by atoms with Gasteiger partial charge in [0.1, 0.15) is 5.69 Å². The van der Waals surface area contributed by atoms with Gasteiger partial charge in [-0.3, -0.25) is 9.59 Å². The van der Waals surface area contributed by atoms with Gasteiger partial charge in [0.2, 0.25) is 5.91 Å². The smallest absolute Gasteiger partial charge is 0.272 e. The summed E-state index contributed by atoms with van der Waals surface area (Å²) < 4.78 is 0. The zero-order valence-corrected chi connectivity index (χ0v) is 12.9. The molecule has 116 valence electrons. The predicted molar refractivity (Wildman–Crippen MR) is 91.7 cm³/mol. The van der Waals surface area contributed by atoms with E-state index in [0.717, 1.165) is 16.5 Å². The van der Waals surface area contributed by atoms with Crippen LogP contribution in [-0.2, 0) is 4.79 Å². The molecular weight excluding hydrogens is 290 g/mol. The first-order chi connectivity index (χ1) is 11.0. The van der Waals surface area contributed by atoms with Crippen LogP contribution in [0.3, 0.4) is 0 Å². The second kappa shape index (κ2) is 5.96. The summed E-state index contributed by atoms with van der Waals surface area (Å²) in [5.41, 5.74) is 3.83. The third-order valence-electron chi connectivity index (χ3n) is 3.46. The van der Waals surface area contributed by atoms with Gasteiger partial charge in [0.05, 0.1) is 0 Å². The highest BCUT2D eigenvalue weighted by Crippen LogP contribution is 2.19. The highest BCUT2D eigenvalue weighted by atomic mass is 16.2. The Morgan fingerprint density at radius 3 is 2.43 bits per heavy atom. The highest BCUT2D eigenvalue weighted by Gasteiger charge is 2.10. The summed E-state index contributed by atoms with van der Waals surface area (Å²) in [6, 6.07) is 14.8. The van der Waals surface area contributed by atoms with E-state index in [1.165, 1.54) is 6.92 Å². The van der Waals surface area contributed by atoms with Crippen LogP contribution in [0, 0.1) is 6.92 Å². The number of benzene rings is 2. The minimum absolute atomic E-state index is 0.153. The van der Waals surface area contributed by atoms with Gasteiger partial charge in [-0.15, -0.1) is 0 Å². The molecule has 23 heavy (non-hydrogen) atoms. The van der Waals surface area contributed by atoms with Crippen LogP contribution in [0.5, 0.6) is 0 Å². The fraction of sp³-hybridized carbons (Fsp3) is 0.111. The van der Waals surface area contributed by atoms with E-state index in [9.17, 15) is 9.59 Å². The molecule has 0 spiro atoms. The number of anilines is 2. The van der Waals surface area contributed by atoms with Crippen LogP contribution in [0.25, 0.3) is 10.9 Å².